The van der Waals surface area contributed by atoms with Crippen LogP contribution >= 0.6 is 11.6 Å². The van der Waals surface area contributed by atoms with Crippen LogP contribution in [-0.4, -0.2) is 19.1 Å². The molecule has 0 aromatic carbocycles. The van der Waals surface area contributed by atoms with Crippen LogP contribution in [0.4, 0.5) is 0 Å². The summed E-state index contributed by atoms with van der Waals surface area (Å²) >= 11 is 6.27. The summed E-state index contributed by atoms with van der Waals surface area (Å²) in [4.78, 5) is 0. The Balaban J connectivity index is 2.40. The molecule has 0 bridgehead atoms. The van der Waals surface area contributed by atoms with Gasteiger partial charge in [-0.1, -0.05) is 20.8 Å². The van der Waals surface area contributed by atoms with Gasteiger partial charge in [0, 0.05) is 19.1 Å². The Bertz CT molecular complexity index is 224. The van der Waals surface area contributed by atoms with Gasteiger partial charge in [0.05, 0.1) is 0 Å². The molecular weight excluding hydrogens is 244 g/mol. The molecule has 1 saturated carbocycles. The van der Waals surface area contributed by atoms with Crippen molar-refractivity contribution in [3.63, 3.8) is 0 Å². The van der Waals surface area contributed by atoms with Crippen molar-refractivity contribution in [2.45, 2.75) is 66.2 Å². The highest BCUT2D eigenvalue weighted by Crippen LogP contribution is 2.48. The predicted octanol–water partition coefficient (Wildman–Crippen LogP) is 5.26. The second-order valence-electron chi connectivity index (χ2n) is 7.07. The van der Waals surface area contributed by atoms with Crippen LogP contribution < -0.4 is 0 Å². The molecule has 0 saturated heterocycles. The molecule has 1 rings (SSSR count). The van der Waals surface area contributed by atoms with Crippen molar-refractivity contribution in [1.82, 2.24) is 0 Å². The van der Waals surface area contributed by atoms with Crippen molar-refractivity contribution < 1.29 is 4.74 Å². The topological polar surface area (TPSA) is 9.23 Å². The molecule has 0 unspecified atom stereocenters. The molecule has 0 amide bonds. The van der Waals surface area contributed by atoms with Crippen molar-refractivity contribution in [2.24, 2.45) is 16.7 Å². The van der Waals surface area contributed by atoms with Crippen molar-refractivity contribution in [3.05, 3.63) is 0 Å². The number of hydrogen-bond donors (Lipinski definition) is 0. The van der Waals surface area contributed by atoms with Gasteiger partial charge in [-0.05, 0) is 62.2 Å². The van der Waals surface area contributed by atoms with E-state index in [2.05, 4.69) is 27.7 Å². The smallest absolute Gasteiger partial charge is 0.0466 e. The first-order chi connectivity index (χ1) is 8.43. The normalized spacial score (nSPS) is 29.5. The molecule has 1 fully saturated rings. The van der Waals surface area contributed by atoms with Gasteiger partial charge in [-0.15, -0.1) is 11.6 Å². The lowest BCUT2D eigenvalue weighted by Crippen LogP contribution is -2.34. The fourth-order valence-corrected chi connectivity index (χ4v) is 3.64. The molecule has 0 heterocycles. The molecule has 0 atom stereocenters. The first-order valence-corrected chi connectivity index (χ1v) is 8.11. The van der Waals surface area contributed by atoms with Crippen molar-refractivity contribution in [3.8, 4) is 0 Å². The van der Waals surface area contributed by atoms with Crippen molar-refractivity contribution >= 4 is 11.6 Å². The van der Waals surface area contributed by atoms with Crippen LogP contribution in [0.15, 0.2) is 0 Å². The van der Waals surface area contributed by atoms with Gasteiger partial charge >= 0.3 is 0 Å². The first kappa shape index (κ1) is 16.3. The van der Waals surface area contributed by atoms with Gasteiger partial charge in [0.15, 0.2) is 0 Å². The molecule has 0 aromatic heterocycles. The van der Waals surface area contributed by atoms with Gasteiger partial charge < -0.3 is 4.74 Å². The zero-order valence-corrected chi connectivity index (χ0v) is 13.5. The fraction of sp³-hybridized carbons (Fsp3) is 1.00. The maximum Gasteiger partial charge on any atom is 0.0466 e. The Hall–Kier alpha value is 0.250. The maximum atomic E-state index is 6.27. The molecule has 1 nitrogen and oxygen atoms in total. The van der Waals surface area contributed by atoms with Crippen LogP contribution in [0.3, 0.4) is 0 Å². The van der Waals surface area contributed by atoms with Gasteiger partial charge in [0.25, 0.3) is 0 Å². The quantitative estimate of drug-likeness (QED) is 0.474. The zero-order valence-electron chi connectivity index (χ0n) is 12.7. The van der Waals surface area contributed by atoms with Gasteiger partial charge in [0.1, 0.15) is 0 Å². The zero-order chi connectivity index (χ0) is 13.6. The molecule has 0 aromatic rings. The molecule has 0 spiro atoms. The Morgan fingerprint density at radius 1 is 1.22 bits per heavy atom. The summed E-state index contributed by atoms with van der Waals surface area (Å²) in [7, 11) is 0. The van der Waals surface area contributed by atoms with E-state index >= 15 is 0 Å². The minimum absolute atomic E-state index is 0.403. The van der Waals surface area contributed by atoms with Gasteiger partial charge in [0.2, 0.25) is 0 Å². The summed E-state index contributed by atoms with van der Waals surface area (Å²) < 4.78 is 5.45. The second-order valence-corrected chi connectivity index (χ2v) is 7.34. The van der Waals surface area contributed by atoms with Gasteiger partial charge in [-0.3, -0.25) is 0 Å². The van der Waals surface area contributed by atoms with E-state index < -0.39 is 0 Å². The highest BCUT2D eigenvalue weighted by Gasteiger charge is 2.37. The second kappa shape index (κ2) is 7.14. The largest absolute Gasteiger partial charge is 0.382 e. The molecule has 2 heteroatoms. The van der Waals surface area contributed by atoms with Gasteiger partial charge in [-0.25, -0.2) is 0 Å². The molecule has 0 aliphatic heterocycles. The van der Waals surface area contributed by atoms with Crippen LogP contribution in [0, 0.1) is 16.7 Å². The minimum Gasteiger partial charge on any atom is -0.382 e. The Morgan fingerprint density at radius 2 is 1.83 bits per heavy atom. The van der Waals surface area contributed by atoms with Crippen LogP contribution in [0.25, 0.3) is 0 Å². The molecule has 0 radical (unpaired) electrons. The molecule has 1 aliphatic rings. The van der Waals surface area contributed by atoms with Crippen molar-refractivity contribution in [1.29, 1.82) is 0 Å². The van der Waals surface area contributed by atoms with E-state index in [-0.39, 0.29) is 0 Å². The monoisotopic (exact) mass is 274 g/mol. The lowest BCUT2D eigenvalue weighted by Gasteiger charge is -2.43. The van der Waals surface area contributed by atoms with Gasteiger partial charge in [-0.2, -0.15) is 0 Å². The fourth-order valence-electron chi connectivity index (χ4n) is 3.24. The molecular formula is C16H31ClO. The SMILES string of the molecule is CCOCCCC1(CCl)CCC(C(C)(C)C)CC1. The molecule has 1 aliphatic carbocycles. The standard InChI is InChI=1S/C16H31ClO/c1-5-18-12-6-9-16(13-17)10-7-14(8-11-16)15(2,3)4/h14H,5-13H2,1-4H3. The average molecular weight is 275 g/mol. The summed E-state index contributed by atoms with van der Waals surface area (Å²) in [6.07, 6.45) is 7.74. The molecule has 108 valence electrons. The minimum atomic E-state index is 0.403. The third-order valence-electron chi connectivity index (χ3n) is 4.75. The number of rotatable bonds is 6. The number of ether oxygens (including phenoxy) is 1. The Morgan fingerprint density at radius 3 is 2.28 bits per heavy atom. The van der Waals surface area contributed by atoms with E-state index in [9.17, 15) is 0 Å². The van der Waals surface area contributed by atoms with E-state index in [0.717, 1.165) is 25.0 Å². The third kappa shape index (κ3) is 4.74. The molecule has 18 heavy (non-hydrogen) atoms. The number of hydrogen-bond acceptors (Lipinski definition) is 1. The Labute approximate surface area is 119 Å². The third-order valence-corrected chi connectivity index (χ3v) is 5.32. The van der Waals surface area contributed by atoms with E-state index in [1.807, 2.05) is 0 Å². The Kier molecular flexibility index (Phi) is 6.47. The highest BCUT2D eigenvalue weighted by molar-refractivity contribution is 6.18. The summed E-state index contributed by atoms with van der Waals surface area (Å²) in [5.41, 5.74) is 0.865. The number of halogens is 1. The lowest BCUT2D eigenvalue weighted by molar-refractivity contribution is 0.0796. The highest BCUT2D eigenvalue weighted by atomic mass is 35.5. The summed E-state index contributed by atoms with van der Waals surface area (Å²) in [5.74, 6) is 1.71. The predicted molar refractivity (Wildman–Crippen MR) is 80.3 cm³/mol. The summed E-state index contributed by atoms with van der Waals surface area (Å²) in [6.45, 7) is 10.9. The lowest BCUT2D eigenvalue weighted by atomic mass is 9.63. The maximum absolute atomic E-state index is 6.27. The van der Waals surface area contributed by atoms with Crippen molar-refractivity contribution in [2.75, 3.05) is 19.1 Å². The van der Waals surface area contributed by atoms with Crippen LogP contribution in [0.5, 0.6) is 0 Å². The van der Waals surface area contributed by atoms with E-state index in [4.69, 9.17) is 16.3 Å². The van der Waals surface area contributed by atoms with E-state index in [1.165, 1.54) is 38.5 Å². The van der Waals surface area contributed by atoms with Crippen LogP contribution in [0.1, 0.15) is 66.2 Å². The molecule has 0 N–H and O–H groups in total. The van der Waals surface area contributed by atoms with Crippen LogP contribution in [-0.2, 0) is 4.74 Å². The average Bonchev–Trinajstić information content (AvgIpc) is 2.34. The summed E-state index contributed by atoms with van der Waals surface area (Å²) in [5, 5.41) is 0. The van der Waals surface area contributed by atoms with E-state index in [0.29, 0.717) is 10.8 Å². The first-order valence-electron chi connectivity index (χ1n) is 7.57. The summed E-state index contributed by atoms with van der Waals surface area (Å²) in [6, 6.07) is 0. The van der Waals surface area contributed by atoms with E-state index in [1.54, 1.807) is 0 Å². The van der Waals surface area contributed by atoms with Crippen LogP contribution in [0.2, 0.25) is 0 Å². The number of alkyl halides is 1.